The van der Waals surface area contributed by atoms with Crippen LogP contribution in [0.1, 0.15) is 36.5 Å². The maximum Gasteiger partial charge on any atom is 0.261 e. The summed E-state index contributed by atoms with van der Waals surface area (Å²) in [6, 6.07) is 24.2. The Kier molecular flexibility index (Phi) is 9.30. The van der Waals surface area contributed by atoms with Crippen LogP contribution in [0.4, 0.5) is 0 Å². The fourth-order valence-electron chi connectivity index (χ4n) is 4.00. The lowest BCUT2D eigenvalue weighted by atomic mass is 10.0. The van der Waals surface area contributed by atoms with Gasteiger partial charge in [0.1, 0.15) is 17.5 Å². The van der Waals surface area contributed by atoms with E-state index in [0.717, 1.165) is 16.7 Å². The van der Waals surface area contributed by atoms with E-state index in [1.165, 1.54) is 0 Å². The molecule has 0 radical (unpaired) electrons. The van der Waals surface area contributed by atoms with Gasteiger partial charge in [-0.25, -0.2) is 0 Å². The van der Waals surface area contributed by atoms with Crippen LogP contribution in [0, 0.1) is 0 Å². The largest absolute Gasteiger partial charge is 0.497 e. The lowest BCUT2D eigenvalue weighted by Gasteiger charge is -2.31. The van der Waals surface area contributed by atoms with Crippen molar-refractivity contribution in [3.63, 3.8) is 0 Å². The molecule has 0 aliphatic carbocycles. The fourth-order valence-corrected chi connectivity index (χ4v) is 4.00. The zero-order valence-electron chi connectivity index (χ0n) is 20.9. The van der Waals surface area contributed by atoms with Crippen molar-refractivity contribution in [3.05, 3.63) is 95.6 Å². The summed E-state index contributed by atoms with van der Waals surface area (Å²) < 4.78 is 11.3. The molecule has 0 heterocycles. The molecule has 0 saturated carbocycles. The molecule has 0 bridgehead atoms. The Bertz CT molecular complexity index is 1110. The molecule has 184 valence electrons. The molecule has 1 N–H and O–H groups in total. The Labute approximate surface area is 207 Å². The van der Waals surface area contributed by atoms with E-state index in [1.54, 1.807) is 19.1 Å². The number of rotatable bonds is 11. The molecular formula is C29H34N2O4. The maximum atomic E-state index is 13.6. The Balaban J connectivity index is 1.90. The number of hydrogen-bond donors (Lipinski definition) is 1. The number of amides is 2. The minimum absolute atomic E-state index is 0.171. The van der Waals surface area contributed by atoms with Gasteiger partial charge < -0.3 is 19.7 Å². The van der Waals surface area contributed by atoms with Crippen LogP contribution in [0.5, 0.6) is 11.5 Å². The molecule has 35 heavy (non-hydrogen) atoms. The van der Waals surface area contributed by atoms with E-state index < -0.39 is 6.04 Å². The fraction of sp³-hybridized carbons (Fsp3) is 0.310. The first kappa shape index (κ1) is 25.8. The summed E-state index contributed by atoms with van der Waals surface area (Å²) in [6.07, 6.45) is 0.388. The van der Waals surface area contributed by atoms with Crippen molar-refractivity contribution in [1.82, 2.24) is 10.2 Å². The molecule has 6 heteroatoms. The van der Waals surface area contributed by atoms with Crippen LogP contribution in [0.2, 0.25) is 0 Å². The van der Waals surface area contributed by atoms with Crippen LogP contribution >= 0.6 is 0 Å². The van der Waals surface area contributed by atoms with Gasteiger partial charge in [0.2, 0.25) is 5.91 Å². The van der Waals surface area contributed by atoms with Gasteiger partial charge in [-0.3, -0.25) is 9.59 Å². The van der Waals surface area contributed by atoms with Crippen molar-refractivity contribution in [1.29, 1.82) is 0 Å². The molecule has 0 unspecified atom stereocenters. The number of nitrogens with one attached hydrogen (secondary N) is 1. The predicted molar refractivity (Wildman–Crippen MR) is 138 cm³/mol. The van der Waals surface area contributed by atoms with E-state index in [0.29, 0.717) is 17.9 Å². The Morgan fingerprint density at radius 1 is 0.914 bits per heavy atom. The van der Waals surface area contributed by atoms with Gasteiger partial charge in [-0.2, -0.15) is 0 Å². The second-order valence-corrected chi connectivity index (χ2v) is 8.67. The summed E-state index contributed by atoms with van der Waals surface area (Å²) >= 11 is 0. The van der Waals surface area contributed by atoms with Crippen LogP contribution in [0.25, 0.3) is 0 Å². The molecule has 3 aromatic rings. The number of nitrogens with zero attached hydrogens (tertiary/aromatic N) is 1. The number of likely N-dealkylation sites (N-methyl/N-ethyl adjacent to an activating group) is 1. The lowest BCUT2D eigenvalue weighted by molar-refractivity contribution is -0.142. The van der Waals surface area contributed by atoms with Crippen molar-refractivity contribution >= 4 is 11.8 Å². The number of benzene rings is 3. The van der Waals surface area contributed by atoms with E-state index in [-0.39, 0.29) is 30.9 Å². The van der Waals surface area contributed by atoms with Crippen LogP contribution < -0.4 is 14.8 Å². The first-order valence-corrected chi connectivity index (χ1v) is 11.8. The highest BCUT2D eigenvalue weighted by atomic mass is 16.5. The molecule has 2 amide bonds. The minimum atomic E-state index is -0.704. The average molecular weight is 475 g/mol. The molecule has 1 atom stereocenters. The second kappa shape index (κ2) is 12.6. The number of para-hydroxylation sites is 1. The molecular weight excluding hydrogens is 440 g/mol. The summed E-state index contributed by atoms with van der Waals surface area (Å²) in [5.41, 5.74) is 2.87. The third-order valence-corrected chi connectivity index (χ3v) is 5.90. The highest BCUT2D eigenvalue weighted by Gasteiger charge is 2.30. The van der Waals surface area contributed by atoms with E-state index in [4.69, 9.17) is 9.47 Å². The van der Waals surface area contributed by atoms with Crippen molar-refractivity contribution in [3.8, 4) is 11.5 Å². The SMILES string of the molecule is CNC(=O)[C@H](Cc1ccccc1)N(Cc1cccc(OC)c1)C(=O)COc1ccccc1C(C)C. The molecule has 0 spiro atoms. The van der Waals surface area contributed by atoms with Gasteiger partial charge in [-0.05, 0) is 40.8 Å². The molecule has 3 rings (SSSR count). The Hall–Kier alpha value is -3.80. The van der Waals surface area contributed by atoms with Gasteiger partial charge >= 0.3 is 0 Å². The van der Waals surface area contributed by atoms with Crippen molar-refractivity contribution < 1.29 is 19.1 Å². The molecule has 3 aromatic carbocycles. The molecule has 0 aliphatic heterocycles. The van der Waals surface area contributed by atoms with Gasteiger partial charge in [0, 0.05) is 20.0 Å². The number of carbonyl (C=O) groups is 2. The quantitative estimate of drug-likeness (QED) is 0.442. The van der Waals surface area contributed by atoms with Crippen LogP contribution in [0.15, 0.2) is 78.9 Å². The molecule has 0 aliphatic rings. The van der Waals surface area contributed by atoms with Crippen molar-refractivity contribution in [2.45, 2.75) is 38.8 Å². The standard InChI is InChI=1S/C29H34N2O4/c1-21(2)25-15-8-9-16-27(25)35-20-28(32)31(19-23-13-10-14-24(17-23)34-4)26(29(33)30-3)18-22-11-6-5-7-12-22/h5-17,21,26H,18-20H2,1-4H3,(H,30,33)/t26-/m0/s1. The van der Waals surface area contributed by atoms with Crippen LogP contribution in [0.3, 0.4) is 0 Å². The summed E-state index contributed by atoms with van der Waals surface area (Å²) in [7, 11) is 3.19. The highest BCUT2D eigenvalue weighted by Crippen LogP contribution is 2.26. The number of methoxy groups -OCH3 is 1. The molecule has 0 saturated heterocycles. The monoisotopic (exact) mass is 474 g/mol. The third kappa shape index (κ3) is 7.09. The van der Waals surface area contributed by atoms with E-state index in [9.17, 15) is 9.59 Å². The Morgan fingerprint density at radius 3 is 2.29 bits per heavy atom. The van der Waals surface area contributed by atoms with E-state index >= 15 is 0 Å². The topological polar surface area (TPSA) is 67.9 Å². The average Bonchev–Trinajstić information content (AvgIpc) is 2.89. The van der Waals surface area contributed by atoms with Gasteiger partial charge in [-0.1, -0.05) is 74.5 Å². The zero-order chi connectivity index (χ0) is 25.2. The maximum absolute atomic E-state index is 13.6. The van der Waals surface area contributed by atoms with Crippen molar-refractivity contribution in [2.24, 2.45) is 0 Å². The van der Waals surface area contributed by atoms with Gasteiger partial charge in [0.05, 0.1) is 7.11 Å². The normalized spacial score (nSPS) is 11.6. The lowest BCUT2D eigenvalue weighted by Crippen LogP contribution is -2.51. The van der Waals surface area contributed by atoms with Crippen molar-refractivity contribution in [2.75, 3.05) is 20.8 Å². The number of hydrogen-bond acceptors (Lipinski definition) is 4. The summed E-state index contributed by atoms with van der Waals surface area (Å²) in [5.74, 6) is 1.13. The van der Waals surface area contributed by atoms with E-state index in [1.807, 2.05) is 78.9 Å². The van der Waals surface area contributed by atoms with Crippen LogP contribution in [-0.4, -0.2) is 43.5 Å². The summed E-state index contributed by atoms with van der Waals surface area (Å²) in [6.45, 7) is 4.24. The second-order valence-electron chi connectivity index (χ2n) is 8.67. The highest BCUT2D eigenvalue weighted by molar-refractivity contribution is 5.88. The summed E-state index contributed by atoms with van der Waals surface area (Å²) in [5, 5.41) is 2.73. The zero-order valence-corrected chi connectivity index (χ0v) is 20.9. The summed E-state index contributed by atoms with van der Waals surface area (Å²) in [4.78, 5) is 28.2. The molecule has 0 aromatic heterocycles. The van der Waals surface area contributed by atoms with Crippen LogP contribution in [-0.2, 0) is 22.6 Å². The third-order valence-electron chi connectivity index (χ3n) is 5.90. The first-order valence-electron chi connectivity index (χ1n) is 11.8. The van der Waals surface area contributed by atoms with Gasteiger partial charge in [0.15, 0.2) is 6.61 Å². The van der Waals surface area contributed by atoms with Gasteiger partial charge in [-0.15, -0.1) is 0 Å². The number of ether oxygens (including phenoxy) is 2. The molecule has 0 fully saturated rings. The molecule has 6 nitrogen and oxygen atoms in total. The predicted octanol–water partition coefficient (Wildman–Crippen LogP) is 4.58. The Morgan fingerprint density at radius 2 is 1.60 bits per heavy atom. The number of carbonyl (C=O) groups excluding carboxylic acids is 2. The van der Waals surface area contributed by atoms with Gasteiger partial charge in [0.25, 0.3) is 5.91 Å². The van der Waals surface area contributed by atoms with E-state index in [2.05, 4.69) is 19.2 Å². The minimum Gasteiger partial charge on any atom is -0.497 e. The smallest absolute Gasteiger partial charge is 0.261 e. The first-order chi connectivity index (χ1) is 16.9.